The molecule has 1 aliphatic rings. The van der Waals surface area contributed by atoms with E-state index in [1.165, 1.54) is 0 Å². The molecule has 4 rings (SSSR count). The topological polar surface area (TPSA) is 59.8 Å². The van der Waals surface area contributed by atoms with Crippen LogP contribution in [0.2, 0.25) is 0 Å². The normalized spacial score (nSPS) is 16.6. The average molecular weight is 366 g/mol. The molecule has 2 aromatic heterocycles. The number of nitrogens with one attached hydrogen (secondary N) is 1. The summed E-state index contributed by atoms with van der Waals surface area (Å²) in [6.45, 7) is 3.05. The van der Waals surface area contributed by atoms with E-state index in [2.05, 4.69) is 21.4 Å². The van der Waals surface area contributed by atoms with Gasteiger partial charge in [-0.1, -0.05) is 12.1 Å². The molecule has 140 valence electrons. The van der Waals surface area contributed by atoms with E-state index < -0.39 is 5.67 Å². The third kappa shape index (κ3) is 3.37. The summed E-state index contributed by atoms with van der Waals surface area (Å²) in [6.07, 6.45) is 4.12. The first-order valence-corrected chi connectivity index (χ1v) is 9.27. The molecule has 0 atom stereocenters. The summed E-state index contributed by atoms with van der Waals surface area (Å²) in [5, 5.41) is 5.08. The van der Waals surface area contributed by atoms with Crippen molar-refractivity contribution in [1.29, 1.82) is 0 Å². The minimum Gasteiger partial charge on any atom is -0.331 e. The predicted molar refractivity (Wildman–Crippen MR) is 103 cm³/mol. The Hall–Kier alpha value is -2.60. The van der Waals surface area contributed by atoms with Gasteiger partial charge in [-0.05, 0) is 37.5 Å². The fraction of sp³-hybridized carbons (Fsp3) is 0.381. The minimum atomic E-state index is -1.73. The molecule has 1 aliphatic heterocycles. The fourth-order valence-electron chi connectivity index (χ4n) is 3.64. The van der Waals surface area contributed by atoms with Crippen LogP contribution in [0, 0.1) is 6.92 Å². The molecule has 1 N–H and O–H groups in total. The number of Topliss-reactive ketones (excluding diaryl/α,β-unsaturated/α-hetero) is 1. The van der Waals surface area contributed by atoms with Gasteiger partial charge in [0.25, 0.3) is 0 Å². The lowest BCUT2D eigenvalue weighted by molar-refractivity contribution is -0.131. The van der Waals surface area contributed by atoms with Gasteiger partial charge in [-0.2, -0.15) is 0 Å². The van der Waals surface area contributed by atoms with Gasteiger partial charge in [0.15, 0.2) is 11.5 Å². The molecule has 1 saturated heterocycles. The number of hydrogen-bond acceptors (Lipinski definition) is 4. The minimum absolute atomic E-state index is 0.0293. The van der Waals surface area contributed by atoms with Crippen LogP contribution in [0.5, 0.6) is 0 Å². The third-order valence-electron chi connectivity index (χ3n) is 5.53. The summed E-state index contributed by atoms with van der Waals surface area (Å²) in [5.41, 5.74) is 0.965. The largest absolute Gasteiger partial charge is 0.331 e. The zero-order valence-electron chi connectivity index (χ0n) is 15.6. The third-order valence-corrected chi connectivity index (χ3v) is 5.53. The standard InChI is InChI=1S/C21H23FN4O/c1-14-24-13-19(26(14)2)15-3-4-16-12-25-18(10-17(16)9-15)11-20(27)21(22)5-7-23-8-6-21/h3-4,9-10,12-13,23H,5-8,11H2,1-2H3. The molecule has 0 amide bonds. The highest BCUT2D eigenvalue weighted by Gasteiger charge is 2.39. The van der Waals surface area contributed by atoms with Crippen molar-refractivity contribution in [2.45, 2.75) is 31.9 Å². The number of piperidine rings is 1. The Balaban J connectivity index is 1.63. The Labute approximate surface area is 157 Å². The number of fused-ring (bicyclic) bond motifs is 1. The molecule has 3 aromatic rings. The molecule has 5 nitrogen and oxygen atoms in total. The maximum Gasteiger partial charge on any atom is 0.175 e. The Kier molecular flexibility index (Phi) is 4.52. The maximum atomic E-state index is 14.9. The number of rotatable bonds is 4. The van der Waals surface area contributed by atoms with Crippen molar-refractivity contribution in [2.24, 2.45) is 7.05 Å². The number of aryl methyl sites for hydroxylation is 1. The van der Waals surface area contributed by atoms with Crippen molar-refractivity contribution in [3.05, 3.63) is 48.2 Å². The Morgan fingerprint density at radius 1 is 1.19 bits per heavy atom. The van der Waals surface area contributed by atoms with Gasteiger partial charge in [0.1, 0.15) is 5.82 Å². The second kappa shape index (κ2) is 6.85. The van der Waals surface area contributed by atoms with Crippen LogP contribution in [0.25, 0.3) is 22.0 Å². The second-order valence-corrected chi connectivity index (χ2v) is 7.30. The Morgan fingerprint density at radius 2 is 1.96 bits per heavy atom. The number of hydrogen-bond donors (Lipinski definition) is 1. The van der Waals surface area contributed by atoms with Crippen LogP contribution >= 0.6 is 0 Å². The number of nitrogens with zero attached hydrogens (tertiary/aromatic N) is 3. The van der Waals surface area contributed by atoms with Crippen molar-refractivity contribution in [2.75, 3.05) is 13.1 Å². The molecule has 27 heavy (non-hydrogen) atoms. The number of alkyl halides is 1. The number of pyridine rings is 1. The number of benzene rings is 1. The smallest absolute Gasteiger partial charge is 0.175 e. The van der Waals surface area contributed by atoms with Gasteiger partial charge in [-0.25, -0.2) is 9.37 Å². The van der Waals surface area contributed by atoms with E-state index in [9.17, 15) is 9.18 Å². The molecule has 0 aliphatic carbocycles. The zero-order chi connectivity index (χ0) is 19.0. The van der Waals surface area contributed by atoms with Gasteiger partial charge in [-0.3, -0.25) is 9.78 Å². The van der Waals surface area contributed by atoms with E-state index in [1.54, 1.807) is 6.20 Å². The number of ketones is 1. The molecule has 0 saturated carbocycles. The molecule has 6 heteroatoms. The lowest BCUT2D eigenvalue weighted by atomic mass is 9.87. The van der Waals surface area contributed by atoms with E-state index in [0.29, 0.717) is 18.8 Å². The van der Waals surface area contributed by atoms with Gasteiger partial charge in [-0.15, -0.1) is 0 Å². The number of carbonyl (C=O) groups excluding carboxylic acids is 1. The van der Waals surface area contributed by atoms with Crippen LogP contribution in [0.4, 0.5) is 4.39 Å². The molecule has 0 radical (unpaired) electrons. The molecular formula is C21H23FN4O. The number of aromatic nitrogens is 3. The van der Waals surface area contributed by atoms with Gasteiger partial charge < -0.3 is 9.88 Å². The number of carbonyl (C=O) groups is 1. The lowest BCUT2D eigenvalue weighted by Gasteiger charge is -2.28. The van der Waals surface area contributed by atoms with Crippen LogP contribution in [0.1, 0.15) is 24.4 Å². The van der Waals surface area contributed by atoms with Gasteiger partial charge in [0.2, 0.25) is 0 Å². The number of imidazole rings is 1. The van der Waals surface area contributed by atoms with Crippen LogP contribution < -0.4 is 5.32 Å². The summed E-state index contributed by atoms with van der Waals surface area (Å²) in [7, 11) is 1.98. The summed E-state index contributed by atoms with van der Waals surface area (Å²) < 4.78 is 16.9. The van der Waals surface area contributed by atoms with Crippen LogP contribution in [0.15, 0.2) is 36.7 Å². The molecule has 1 aromatic carbocycles. The molecular weight excluding hydrogens is 343 g/mol. The Morgan fingerprint density at radius 3 is 2.67 bits per heavy atom. The molecule has 0 unspecified atom stereocenters. The quantitative estimate of drug-likeness (QED) is 0.771. The fourth-order valence-corrected chi connectivity index (χ4v) is 3.64. The highest BCUT2D eigenvalue weighted by atomic mass is 19.1. The van der Waals surface area contributed by atoms with Gasteiger partial charge in [0, 0.05) is 42.7 Å². The first-order chi connectivity index (χ1) is 13.0. The van der Waals surface area contributed by atoms with Crippen LogP contribution in [-0.2, 0) is 18.3 Å². The summed E-state index contributed by atoms with van der Waals surface area (Å²) in [4.78, 5) is 21.2. The van der Waals surface area contributed by atoms with Crippen molar-refractivity contribution in [3.8, 4) is 11.3 Å². The predicted octanol–water partition coefficient (Wildman–Crippen LogP) is 3.15. The highest BCUT2D eigenvalue weighted by Crippen LogP contribution is 2.28. The van der Waals surface area contributed by atoms with Crippen LogP contribution in [-0.4, -0.2) is 39.1 Å². The van der Waals surface area contributed by atoms with Crippen molar-refractivity contribution in [3.63, 3.8) is 0 Å². The maximum absolute atomic E-state index is 14.9. The van der Waals surface area contributed by atoms with Crippen LogP contribution in [0.3, 0.4) is 0 Å². The zero-order valence-corrected chi connectivity index (χ0v) is 15.6. The Bertz CT molecular complexity index is 1000. The summed E-state index contributed by atoms with van der Waals surface area (Å²) >= 11 is 0. The van der Waals surface area contributed by atoms with Gasteiger partial charge in [0.05, 0.1) is 18.3 Å². The first kappa shape index (κ1) is 17.8. The molecule has 1 fully saturated rings. The molecule has 0 spiro atoms. The van der Waals surface area contributed by atoms with Crippen molar-refractivity contribution in [1.82, 2.24) is 19.9 Å². The number of halogens is 1. The molecule has 0 bridgehead atoms. The van der Waals surface area contributed by atoms with E-state index in [-0.39, 0.29) is 25.0 Å². The van der Waals surface area contributed by atoms with Crippen molar-refractivity contribution >= 4 is 16.6 Å². The summed E-state index contributed by atoms with van der Waals surface area (Å²) in [6, 6.07) is 8.01. The van der Waals surface area contributed by atoms with Gasteiger partial charge >= 0.3 is 0 Å². The lowest BCUT2D eigenvalue weighted by Crippen LogP contribution is -2.45. The molecule has 3 heterocycles. The summed E-state index contributed by atoms with van der Waals surface area (Å²) in [5.74, 6) is 0.579. The first-order valence-electron chi connectivity index (χ1n) is 9.27. The SMILES string of the molecule is Cc1ncc(-c2ccc3cnc(CC(=O)C4(F)CCNCC4)cc3c2)n1C. The van der Waals surface area contributed by atoms with E-state index in [1.807, 2.05) is 42.9 Å². The average Bonchev–Trinajstić information content (AvgIpc) is 3.00. The van der Waals surface area contributed by atoms with Crippen molar-refractivity contribution < 1.29 is 9.18 Å². The van der Waals surface area contributed by atoms with E-state index in [4.69, 9.17) is 0 Å². The highest BCUT2D eigenvalue weighted by molar-refractivity contribution is 5.91. The monoisotopic (exact) mass is 366 g/mol. The van der Waals surface area contributed by atoms with E-state index >= 15 is 0 Å². The second-order valence-electron chi connectivity index (χ2n) is 7.30. The van der Waals surface area contributed by atoms with E-state index in [0.717, 1.165) is 27.9 Å².